The summed E-state index contributed by atoms with van der Waals surface area (Å²) >= 11 is -2.39. The molecule has 0 fully saturated rings. The van der Waals surface area contributed by atoms with Crippen LogP contribution in [0.15, 0.2) is 42.5 Å². The maximum absolute atomic E-state index is 14.2. The van der Waals surface area contributed by atoms with Crippen molar-refractivity contribution in [2.75, 3.05) is 0 Å². The molecule has 0 spiro atoms. The summed E-state index contributed by atoms with van der Waals surface area (Å²) in [5.74, 6) is -1.34. The summed E-state index contributed by atoms with van der Waals surface area (Å²) in [7, 11) is 0. The third kappa shape index (κ3) is 4.95. The highest BCUT2D eigenvalue weighted by molar-refractivity contribution is 7.78. The maximum atomic E-state index is 14.2. The zero-order chi connectivity index (χ0) is 19.6. The highest BCUT2D eigenvalue weighted by atomic mass is 32.2. The first kappa shape index (κ1) is 19.6. The largest absolute Gasteiger partial charge is 0.772 e. The smallest absolute Gasteiger partial charge is 0.573 e. The fraction of sp³-hybridized carbons (Fsp3) is 0.263. The number of hydrogen-bond acceptors (Lipinski definition) is 3. The lowest BCUT2D eigenvalue weighted by atomic mass is 9.96. The van der Waals surface area contributed by atoms with Crippen molar-refractivity contribution in [3.8, 4) is 5.75 Å². The third-order valence-corrected chi connectivity index (χ3v) is 4.86. The van der Waals surface area contributed by atoms with Crippen LogP contribution in [0.1, 0.15) is 36.0 Å². The molecular weight excluding hydrogens is 384 g/mol. The average molecular weight is 399 g/mol. The predicted octanol–water partition coefficient (Wildman–Crippen LogP) is 5.20. The van der Waals surface area contributed by atoms with Gasteiger partial charge in [-0.15, -0.1) is 13.2 Å². The number of benzene rings is 2. The van der Waals surface area contributed by atoms with Crippen molar-refractivity contribution < 1.29 is 31.1 Å². The number of alkyl halides is 3. The molecule has 1 atom stereocenters. The van der Waals surface area contributed by atoms with Gasteiger partial charge in [-0.05, 0) is 65.3 Å². The van der Waals surface area contributed by atoms with Gasteiger partial charge in [0.2, 0.25) is 0 Å². The van der Waals surface area contributed by atoms with Crippen LogP contribution in [-0.2, 0) is 16.8 Å². The van der Waals surface area contributed by atoms with Gasteiger partial charge in [0.1, 0.15) is 11.6 Å². The van der Waals surface area contributed by atoms with E-state index >= 15 is 0 Å². The van der Waals surface area contributed by atoms with E-state index in [0.29, 0.717) is 24.0 Å². The molecule has 144 valence electrons. The summed E-state index contributed by atoms with van der Waals surface area (Å²) in [6.45, 7) is 0. The molecule has 0 saturated heterocycles. The lowest BCUT2D eigenvalue weighted by molar-refractivity contribution is -0.274. The van der Waals surface area contributed by atoms with E-state index in [1.807, 2.05) is 0 Å². The molecule has 0 aromatic heterocycles. The van der Waals surface area contributed by atoms with E-state index < -0.39 is 29.0 Å². The van der Waals surface area contributed by atoms with E-state index in [0.717, 1.165) is 17.6 Å². The molecule has 1 aliphatic carbocycles. The van der Waals surface area contributed by atoms with Gasteiger partial charge >= 0.3 is 6.36 Å². The number of ether oxygens (including phenoxy) is 1. The molecule has 1 unspecified atom stereocenters. The maximum Gasteiger partial charge on any atom is 0.573 e. The zero-order valence-electron chi connectivity index (χ0n) is 14.0. The molecule has 2 aromatic rings. The Morgan fingerprint density at radius 3 is 2.30 bits per heavy atom. The lowest BCUT2D eigenvalue weighted by Gasteiger charge is -2.13. The molecule has 0 radical (unpaired) electrons. The Kier molecular flexibility index (Phi) is 5.67. The number of rotatable bonds is 5. The topological polar surface area (TPSA) is 49.4 Å². The first-order chi connectivity index (χ1) is 12.7. The minimum Gasteiger partial charge on any atom is -0.772 e. The van der Waals surface area contributed by atoms with Crippen molar-refractivity contribution in [3.05, 3.63) is 65.0 Å². The van der Waals surface area contributed by atoms with Gasteiger partial charge < -0.3 is 9.29 Å². The van der Waals surface area contributed by atoms with Gasteiger partial charge in [0.05, 0.1) is 0 Å². The standard InChI is InChI=1S/C19H16F4O3S/c20-18-10-13(7-8-14(18)11-27(24)25)17-6-2-5-16(17)12-3-1-4-15(9-12)26-19(21,22)23/h1,3-4,7-10H,2,5-6,11H2,(H,24,25)/p-1. The monoisotopic (exact) mass is 399 g/mol. The van der Waals surface area contributed by atoms with E-state index in [4.69, 9.17) is 0 Å². The summed E-state index contributed by atoms with van der Waals surface area (Å²) in [5, 5.41) is 0. The normalized spacial score (nSPS) is 15.9. The second kappa shape index (κ2) is 7.82. The molecule has 1 aliphatic rings. The molecule has 3 rings (SSSR count). The molecule has 3 nitrogen and oxygen atoms in total. The van der Waals surface area contributed by atoms with Gasteiger partial charge in [-0.2, -0.15) is 0 Å². The first-order valence-electron chi connectivity index (χ1n) is 8.16. The molecule has 0 aliphatic heterocycles. The Morgan fingerprint density at radius 1 is 1.04 bits per heavy atom. The third-order valence-electron chi connectivity index (χ3n) is 4.31. The second-order valence-corrected chi connectivity index (χ2v) is 7.04. The van der Waals surface area contributed by atoms with Crippen molar-refractivity contribution >= 4 is 22.2 Å². The molecule has 0 N–H and O–H groups in total. The quantitative estimate of drug-likeness (QED) is 0.513. The van der Waals surface area contributed by atoms with Crippen LogP contribution >= 0.6 is 0 Å². The van der Waals surface area contributed by atoms with Crippen molar-refractivity contribution in [2.24, 2.45) is 0 Å². The van der Waals surface area contributed by atoms with E-state index in [9.17, 15) is 26.3 Å². The molecule has 27 heavy (non-hydrogen) atoms. The molecule has 0 saturated carbocycles. The SMILES string of the molecule is O=S([O-])Cc1ccc(C2=C(c3cccc(OC(F)(F)F)c3)CCC2)cc1F. The van der Waals surface area contributed by atoms with Crippen molar-refractivity contribution in [3.63, 3.8) is 0 Å². The fourth-order valence-electron chi connectivity index (χ4n) is 3.24. The van der Waals surface area contributed by atoms with Gasteiger partial charge in [0.15, 0.2) is 0 Å². The lowest BCUT2D eigenvalue weighted by Crippen LogP contribution is -2.17. The zero-order valence-corrected chi connectivity index (χ0v) is 14.8. The van der Waals surface area contributed by atoms with Gasteiger partial charge in [-0.1, -0.05) is 35.3 Å². The number of halogens is 4. The highest BCUT2D eigenvalue weighted by Crippen LogP contribution is 2.41. The summed E-state index contributed by atoms with van der Waals surface area (Å²) in [5.41, 5.74) is 2.94. The Bertz CT molecular complexity index is 906. The first-order valence-corrected chi connectivity index (χ1v) is 9.40. The van der Waals surface area contributed by atoms with Crippen LogP contribution in [0.2, 0.25) is 0 Å². The highest BCUT2D eigenvalue weighted by Gasteiger charge is 2.31. The van der Waals surface area contributed by atoms with Crippen LogP contribution in [0.25, 0.3) is 11.1 Å². The number of hydrogen-bond donors (Lipinski definition) is 0. The van der Waals surface area contributed by atoms with E-state index in [-0.39, 0.29) is 11.3 Å². The van der Waals surface area contributed by atoms with Gasteiger partial charge in [0, 0.05) is 5.75 Å². The van der Waals surface area contributed by atoms with E-state index in [1.54, 1.807) is 12.1 Å². The van der Waals surface area contributed by atoms with Crippen molar-refractivity contribution in [2.45, 2.75) is 31.4 Å². The van der Waals surface area contributed by atoms with Crippen molar-refractivity contribution in [1.29, 1.82) is 0 Å². The summed E-state index contributed by atoms with van der Waals surface area (Å²) in [6, 6.07) is 10.1. The van der Waals surface area contributed by atoms with E-state index in [2.05, 4.69) is 4.74 Å². The fourth-order valence-corrected chi connectivity index (χ4v) is 3.73. The Balaban J connectivity index is 1.96. The average Bonchev–Trinajstić information content (AvgIpc) is 3.04. The summed E-state index contributed by atoms with van der Waals surface area (Å²) < 4.78 is 77.0. The van der Waals surface area contributed by atoms with Crippen LogP contribution in [0.4, 0.5) is 17.6 Å². The van der Waals surface area contributed by atoms with Crippen LogP contribution in [0.3, 0.4) is 0 Å². The minimum atomic E-state index is -4.77. The van der Waals surface area contributed by atoms with Gasteiger partial charge in [-0.25, -0.2) is 4.39 Å². The molecular formula is C19H15F4O3S-. The molecule has 0 heterocycles. The molecule has 0 bridgehead atoms. The van der Waals surface area contributed by atoms with Gasteiger partial charge in [-0.3, -0.25) is 4.21 Å². The predicted molar refractivity (Wildman–Crippen MR) is 92.8 cm³/mol. The Labute approximate surface area is 156 Å². The Morgan fingerprint density at radius 2 is 1.70 bits per heavy atom. The van der Waals surface area contributed by atoms with Crippen LogP contribution in [-0.4, -0.2) is 15.1 Å². The second-order valence-electron chi connectivity index (χ2n) is 6.14. The van der Waals surface area contributed by atoms with Crippen LogP contribution < -0.4 is 4.74 Å². The van der Waals surface area contributed by atoms with Crippen LogP contribution in [0.5, 0.6) is 5.75 Å². The summed E-state index contributed by atoms with van der Waals surface area (Å²) in [6.07, 6.45) is -2.67. The van der Waals surface area contributed by atoms with Gasteiger partial charge in [0.25, 0.3) is 0 Å². The molecule has 0 amide bonds. The van der Waals surface area contributed by atoms with Crippen LogP contribution in [0, 0.1) is 5.82 Å². The molecule has 2 aromatic carbocycles. The summed E-state index contributed by atoms with van der Waals surface area (Å²) in [4.78, 5) is 0. The number of allylic oxidation sites excluding steroid dienone is 2. The van der Waals surface area contributed by atoms with Crippen molar-refractivity contribution in [1.82, 2.24) is 0 Å². The minimum absolute atomic E-state index is 0.0767. The molecule has 8 heteroatoms. The Hall–Kier alpha value is -2.19. The van der Waals surface area contributed by atoms with E-state index in [1.165, 1.54) is 30.3 Å².